The molecule has 0 radical (unpaired) electrons. The maximum Gasteiger partial charge on any atom is 0.279 e. The van der Waals surface area contributed by atoms with Crippen molar-refractivity contribution in [2.24, 2.45) is 4.99 Å². The van der Waals surface area contributed by atoms with Crippen molar-refractivity contribution < 1.29 is 14.3 Å². The van der Waals surface area contributed by atoms with Gasteiger partial charge in [-0.3, -0.25) is 4.79 Å². The minimum absolute atomic E-state index is 0.311. The second-order valence-electron chi connectivity index (χ2n) is 6.71. The molecule has 0 N–H and O–H groups in total. The molecule has 0 unspecified atom stereocenters. The van der Waals surface area contributed by atoms with Gasteiger partial charge in [-0.15, -0.1) is 0 Å². The van der Waals surface area contributed by atoms with E-state index in [2.05, 4.69) is 20.9 Å². The normalized spacial score (nSPS) is 11.7. The summed E-state index contributed by atoms with van der Waals surface area (Å²) in [5.74, 6) is 0.999. The predicted octanol–water partition coefficient (Wildman–Crippen LogP) is 6.04. The molecule has 0 saturated carbocycles. The molecule has 1 aromatic heterocycles. The molecule has 0 aliphatic heterocycles. The van der Waals surface area contributed by atoms with Gasteiger partial charge in [0, 0.05) is 23.2 Å². The lowest BCUT2D eigenvalue weighted by Gasteiger charge is -2.07. The molecule has 0 bridgehead atoms. The van der Waals surface area contributed by atoms with Crippen molar-refractivity contribution >= 4 is 43.4 Å². The van der Waals surface area contributed by atoms with E-state index in [0.29, 0.717) is 41.6 Å². The Hall–Kier alpha value is -2.74. The first kappa shape index (κ1) is 21.5. The number of aromatic nitrogens is 1. The highest BCUT2D eigenvalue weighted by molar-refractivity contribution is 9.10. The molecule has 0 aliphatic carbocycles. The van der Waals surface area contributed by atoms with E-state index >= 15 is 0 Å². The van der Waals surface area contributed by atoms with Crippen LogP contribution in [0.4, 0.5) is 0 Å². The number of halogens is 1. The molecule has 5 nitrogen and oxygen atoms in total. The number of benzene rings is 3. The highest BCUT2D eigenvalue weighted by Gasteiger charge is 2.11. The van der Waals surface area contributed by atoms with Gasteiger partial charge in [0.2, 0.25) is 0 Å². The van der Waals surface area contributed by atoms with E-state index in [1.54, 1.807) is 18.2 Å². The fraction of sp³-hybridized carbons (Fsp3) is 0.167. The number of nitrogens with zero attached hydrogens (tertiary/aromatic N) is 2. The van der Waals surface area contributed by atoms with Crippen LogP contribution in [0.25, 0.3) is 10.2 Å². The predicted molar refractivity (Wildman–Crippen MR) is 127 cm³/mol. The number of hydrogen-bond donors (Lipinski definition) is 0. The molecule has 7 heteroatoms. The van der Waals surface area contributed by atoms with Crippen LogP contribution >= 0.6 is 27.3 Å². The van der Waals surface area contributed by atoms with E-state index in [0.717, 1.165) is 14.7 Å². The van der Waals surface area contributed by atoms with Crippen LogP contribution in [-0.4, -0.2) is 23.7 Å². The number of carbonyl (C=O) groups excluding carboxylic acids is 1. The fourth-order valence-corrected chi connectivity index (χ4v) is 4.72. The lowest BCUT2D eigenvalue weighted by Crippen LogP contribution is -2.19. The molecular formula is C24H21BrN2O3S. The first-order valence-corrected chi connectivity index (χ1v) is 11.5. The summed E-state index contributed by atoms with van der Waals surface area (Å²) in [5.41, 5.74) is 1.50. The number of carbonyl (C=O) groups is 1. The number of rotatable bonds is 7. The monoisotopic (exact) mass is 496 g/mol. The Morgan fingerprint density at radius 3 is 2.65 bits per heavy atom. The van der Waals surface area contributed by atoms with Crippen LogP contribution in [0, 0.1) is 0 Å². The molecule has 0 saturated heterocycles. The lowest BCUT2D eigenvalue weighted by atomic mass is 10.2. The van der Waals surface area contributed by atoms with Crippen LogP contribution < -0.4 is 9.54 Å². The molecular weight excluding hydrogens is 476 g/mol. The number of hydrogen-bond acceptors (Lipinski definition) is 4. The third kappa shape index (κ3) is 5.31. The van der Waals surface area contributed by atoms with Crippen LogP contribution in [-0.2, 0) is 11.3 Å². The molecule has 158 valence electrons. The van der Waals surface area contributed by atoms with Crippen LogP contribution in [0.2, 0.25) is 0 Å². The van der Waals surface area contributed by atoms with Crippen molar-refractivity contribution in [1.82, 2.24) is 4.57 Å². The lowest BCUT2D eigenvalue weighted by molar-refractivity contribution is 0.0996. The van der Waals surface area contributed by atoms with E-state index in [4.69, 9.17) is 9.47 Å². The van der Waals surface area contributed by atoms with Gasteiger partial charge in [-0.1, -0.05) is 51.5 Å². The van der Waals surface area contributed by atoms with E-state index < -0.39 is 0 Å². The van der Waals surface area contributed by atoms with Crippen LogP contribution in [0.3, 0.4) is 0 Å². The first-order valence-electron chi connectivity index (χ1n) is 9.92. The third-order valence-electron chi connectivity index (χ3n) is 4.57. The highest BCUT2D eigenvalue weighted by Crippen LogP contribution is 2.24. The second-order valence-corrected chi connectivity index (χ2v) is 8.63. The largest absolute Gasteiger partial charge is 0.457 e. The molecule has 0 aliphatic rings. The molecule has 31 heavy (non-hydrogen) atoms. The van der Waals surface area contributed by atoms with Crippen molar-refractivity contribution in [3.63, 3.8) is 0 Å². The molecule has 1 amide bonds. The van der Waals surface area contributed by atoms with Gasteiger partial charge < -0.3 is 14.0 Å². The summed E-state index contributed by atoms with van der Waals surface area (Å²) in [4.78, 5) is 18.1. The molecule has 0 atom stereocenters. The smallest absolute Gasteiger partial charge is 0.279 e. The second kappa shape index (κ2) is 10.0. The average Bonchev–Trinajstić information content (AvgIpc) is 3.11. The quantitative estimate of drug-likeness (QED) is 0.293. The van der Waals surface area contributed by atoms with Crippen molar-refractivity contribution in [2.45, 2.75) is 13.5 Å². The standard InChI is InChI=1S/C24H21BrN2O3S/c1-2-29-14-13-27-21-12-11-18(25)16-22(21)31-24(27)26-23(28)17-7-6-10-20(15-17)30-19-8-4-3-5-9-19/h3-12,15-16H,2,13-14H2,1H3. The summed E-state index contributed by atoms with van der Waals surface area (Å²) >= 11 is 5.00. The van der Waals surface area contributed by atoms with E-state index in [9.17, 15) is 4.79 Å². The zero-order valence-electron chi connectivity index (χ0n) is 17.0. The van der Waals surface area contributed by atoms with Crippen molar-refractivity contribution in [1.29, 1.82) is 0 Å². The van der Waals surface area contributed by atoms with Gasteiger partial charge in [0.05, 0.1) is 16.8 Å². The van der Waals surface area contributed by atoms with Gasteiger partial charge in [-0.25, -0.2) is 0 Å². The Balaban J connectivity index is 1.67. The average molecular weight is 497 g/mol. The van der Waals surface area contributed by atoms with Crippen molar-refractivity contribution in [3.05, 3.63) is 87.6 Å². The fourth-order valence-electron chi connectivity index (χ4n) is 3.12. The maximum absolute atomic E-state index is 13.0. The Bertz CT molecular complexity index is 1260. The van der Waals surface area contributed by atoms with E-state index in [-0.39, 0.29) is 5.91 Å². The Morgan fingerprint density at radius 2 is 1.84 bits per heavy atom. The third-order valence-corrected chi connectivity index (χ3v) is 6.10. The number of ether oxygens (including phenoxy) is 2. The maximum atomic E-state index is 13.0. The minimum atomic E-state index is -0.311. The van der Waals surface area contributed by atoms with E-state index in [1.165, 1.54) is 11.3 Å². The molecule has 0 spiro atoms. The Labute approximate surface area is 192 Å². The molecule has 1 heterocycles. The minimum Gasteiger partial charge on any atom is -0.457 e. The van der Waals surface area contributed by atoms with Gasteiger partial charge in [-0.05, 0) is 55.5 Å². The molecule has 0 fully saturated rings. The molecule has 4 rings (SSSR count). The van der Waals surface area contributed by atoms with Crippen LogP contribution in [0.5, 0.6) is 11.5 Å². The summed E-state index contributed by atoms with van der Waals surface area (Å²) in [6, 6.07) is 22.6. The van der Waals surface area contributed by atoms with Gasteiger partial charge in [-0.2, -0.15) is 4.99 Å². The van der Waals surface area contributed by atoms with Crippen molar-refractivity contribution in [2.75, 3.05) is 13.2 Å². The van der Waals surface area contributed by atoms with Crippen molar-refractivity contribution in [3.8, 4) is 11.5 Å². The van der Waals surface area contributed by atoms with Gasteiger partial charge >= 0.3 is 0 Å². The van der Waals surface area contributed by atoms with Crippen LogP contribution in [0.15, 0.2) is 82.3 Å². The summed E-state index contributed by atoms with van der Waals surface area (Å²) in [6.45, 7) is 3.79. The summed E-state index contributed by atoms with van der Waals surface area (Å²) in [7, 11) is 0. The number of amides is 1. The Morgan fingerprint density at radius 1 is 1.03 bits per heavy atom. The summed E-state index contributed by atoms with van der Waals surface area (Å²) in [5, 5.41) is 0. The Kier molecular flexibility index (Phi) is 6.96. The zero-order chi connectivity index (χ0) is 21.6. The van der Waals surface area contributed by atoms with Gasteiger partial charge in [0.25, 0.3) is 5.91 Å². The number of fused-ring (bicyclic) bond motifs is 1. The number of para-hydroxylation sites is 1. The summed E-state index contributed by atoms with van der Waals surface area (Å²) in [6.07, 6.45) is 0. The highest BCUT2D eigenvalue weighted by atomic mass is 79.9. The molecule has 3 aromatic carbocycles. The zero-order valence-corrected chi connectivity index (χ0v) is 19.4. The number of thiazole rings is 1. The topological polar surface area (TPSA) is 52.8 Å². The summed E-state index contributed by atoms with van der Waals surface area (Å²) < 4.78 is 15.5. The van der Waals surface area contributed by atoms with Gasteiger partial charge in [0.15, 0.2) is 4.80 Å². The first-order chi connectivity index (χ1) is 15.1. The SMILES string of the molecule is CCOCCn1c(=NC(=O)c2cccc(Oc3ccccc3)c2)sc2cc(Br)ccc21. The molecule has 4 aromatic rings. The van der Waals surface area contributed by atoms with E-state index in [1.807, 2.05) is 66.1 Å². The van der Waals surface area contributed by atoms with Crippen LogP contribution in [0.1, 0.15) is 17.3 Å². The van der Waals surface area contributed by atoms with Gasteiger partial charge in [0.1, 0.15) is 11.5 Å².